The van der Waals surface area contributed by atoms with Gasteiger partial charge in [0.25, 0.3) is 0 Å². The Hall–Kier alpha value is -1.49. The molecule has 5 heteroatoms. The summed E-state index contributed by atoms with van der Waals surface area (Å²) in [5.74, 6) is -0.0324. The van der Waals surface area contributed by atoms with Crippen molar-refractivity contribution in [3.05, 3.63) is 40.9 Å². The minimum absolute atomic E-state index is 0.319. The predicted octanol–water partition coefficient (Wildman–Crippen LogP) is 2.63. The van der Waals surface area contributed by atoms with Crippen LogP contribution in [-0.4, -0.2) is 9.97 Å². The number of aromatic nitrogens is 2. The molecule has 0 bridgehead atoms. The summed E-state index contributed by atoms with van der Waals surface area (Å²) in [5, 5.41) is 0. The van der Waals surface area contributed by atoms with E-state index < -0.39 is 0 Å². The summed E-state index contributed by atoms with van der Waals surface area (Å²) in [6.07, 6.45) is 1.31. The van der Waals surface area contributed by atoms with Crippen molar-refractivity contribution in [3.63, 3.8) is 0 Å². The maximum Gasteiger partial charge on any atom is 0.146 e. The van der Waals surface area contributed by atoms with Gasteiger partial charge >= 0.3 is 0 Å². The number of nitrogens with zero attached hydrogens (tertiary/aromatic N) is 2. The van der Waals surface area contributed by atoms with E-state index in [0.717, 1.165) is 0 Å². The molecule has 0 aliphatic heterocycles. The molecular weight excluding hydrogens is 261 g/mol. The third kappa shape index (κ3) is 1.97. The van der Waals surface area contributed by atoms with Crippen LogP contribution in [0.1, 0.15) is 0 Å². The molecule has 0 radical (unpaired) electrons. The molecule has 15 heavy (non-hydrogen) atoms. The fourth-order valence-corrected chi connectivity index (χ4v) is 1.59. The van der Waals surface area contributed by atoms with Crippen molar-refractivity contribution in [2.75, 3.05) is 5.73 Å². The highest BCUT2D eigenvalue weighted by Crippen LogP contribution is 2.26. The number of anilines is 1. The number of rotatable bonds is 1. The molecular formula is C10H7BrFN3. The number of nitrogens with two attached hydrogens (primary N) is 1. The predicted molar refractivity (Wildman–Crippen MR) is 59.5 cm³/mol. The zero-order valence-corrected chi connectivity index (χ0v) is 9.20. The Labute approximate surface area is 94.3 Å². The van der Waals surface area contributed by atoms with Crippen molar-refractivity contribution in [1.29, 1.82) is 0 Å². The summed E-state index contributed by atoms with van der Waals surface area (Å²) in [7, 11) is 0. The van der Waals surface area contributed by atoms with E-state index in [1.54, 1.807) is 18.2 Å². The molecule has 0 spiro atoms. The maximum absolute atomic E-state index is 13.7. The standard InChI is InChI=1S/C10H7BrFN3/c11-7-3-1-2-6(10(7)12)8-4-9(13)15-5-14-8/h1-5H,(H2,13,14,15). The van der Waals surface area contributed by atoms with Gasteiger partial charge in [0.15, 0.2) is 0 Å². The summed E-state index contributed by atoms with van der Waals surface area (Å²) in [6, 6.07) is 6.54. The molecule has 2 rings (SSSR count). The average Bonchev–Trinajstić information content (AvgIpc) is 2.22. The molecule has 0 saturated heterocycles. The van der Waals surface area contributed by atoms with E-state index in [4.69, 9.17) is 5.73 Å². The Bertz CT molecular complexity index is 502. The Morgan fingerprint density at radius 2 is 2.07 bits per heavy atom. The molecule has 2 N–H and O–H groups in total. The summed E-state index contributed by atoms with van der Waals surface area (Å²) in [5.41, 5.74) is 6.37. The molecule has 0 fully saturated rings. The Morgan fingerprint density at radius 3 is 2.80 bits per heavy atom. The lowest BCUT2D eigenvalue weighted by molar-refractivity contribution is 0.624. The Balaban J connectivity index is 2.59. The van der Waals surface area contributed by atoms with Crippen LogP contribution < -0.4 is 5.73 Å². The third-order valence-electron chi connectivity index (χ3n) is 1.92. The van der Waals surface area contributed by atoms with Crippen LogP contribution in [0.3, 0.4) is 0 Å². The number of hydrogen-bond donors (Lipinski definition) is 1. The van der Waals surface area contributed by atoms with Crippen LogP contribution in [0.5, 0.6) is 0 Å². The summed E-state index contributed by atoms with van der Waals surface area (Å²) in [6.45, 7) is 0. The van der Waals surface area contributed by atoms with Gasteiger partial charge in [-0.15, -0.1) is 0 Å². The smallest absolute Gasteiger partial charge is 0.146 e. The zero-order chi connectivity index (χ0) is 10.8. The zero-order valence-electron chi connectivity index (χ0n) is 7.61. The number of nitrogen functional groups attached to an aromatic ring is 1. The fourth-order valence-electron chi connectivity index (χ4n) is 1.22. The third-order valence-corrected chi connectivity index (χ3v) is 2.53. The van der Waals surface area contributed by atoms with Crippen molar-refractivity contribution in [2.45, 2.75) is 0 Å². The van der Waals surface area contributed by atoms with E-state index in [9.17, 15) is 4.39 Å². The monoisotopic (exact) mass is 267 g/mol. The molecule has 0 atom stereocenters. The fraction of sp³-hybridized carbons (Fsp3) is 0. The van der Waals surface area contributed by atoms with Gasteiger partial charge in [0, 0.05) is 11.6 Å². The van der Waals surface area contributed by atoms with Gasteiger partial charge in [-0.2, -0.15) is 0 Å². The topological polar surface area (TPSA) is 51.8 Å². The average molecular weight is 268 g/mol. The van der Waals surface area contributed by atoms with E-state index in [1.165, 1.54) is 12.4 Å². The van der Waals surface area contributed by atoms with Crippen molar-refractivity contribution in [2.24, 2.45) is 0 Å². The van der Waals surface area contributed by atoms with E-state index in [0.29, 0.717) is 21.5 Å². The molecule has 1 aromatic carbocycles. The van der Waals surface area contributed by atoms with E-state index in [1.807, 2.05) is 0 Å². The molecule has 3 nitrogen and oxygen atoms in total. The lowest BCUT2D eigenvalue weighted by atomic mass is 10.1. The highest BCUT2D eigenvalue weighted by molar-refractivity contribution is 9.10. The molecule has 1 aromatic heterocycles. The Kier molecular flexibility index (Phi) is 2.64. The van der Waals surface area contributed by atoms with E-state index in [-0.39, 0.29) is 5.82 Å². The largest absolute Gasteiger partial charge is 0.384 e. The van der Waals surface area contributed by atoms with E-state index in [2.05, 4.69) is 25.9 Å². The van der Waals surface area contributed by atoms with Gasteiger partial charge in [0.2, 0.25) is 0 Å². The van der Waals surface area contributed by atoms with Crippen LogP contribution >= 0.6 is 15.9 Å². The van der Waals surface area contributed by atoms with Gasteiger partial charge in [0.1, 0.15) is 18.0 Å². The van der Waals surface area contributed by atoms with Crippen LogP contribution in [0.15, 0.2) is 35.1 Å². The van der Waals surface area contributed by atoms with Gasteiger partial charge in [-0.25, -0.2) is 14.4 Å². The first kappa shape index (κ1) is 10.0. The van der Waals surface area contributed by atoms with Gasteiger partial charge in [-0.05, 0) is 28.1 Å². The second-order valence-electron chi connectivity index (χ2n) is 2.93. The van der Waals surface area contributed by atoms with Gasteiger partial charge in [-0.1, -0.05) is 6.07 Å². The molecule has 1 heterocycles. The lowest BCUT2D eigenvalue weighted by Gasteiger charge is -2.03. The van der Waals surface area contributed by atoms with Crippen LogP contribution in [0.4, 0.5) is 10.2 Å². The summed E-state index contributed by atoms with van der Waals surface area (Å²) in [4.78, 5) is 7.71. The second-order valence-corrected chi connectivity index (χ2v) is 3.78. The summed E-state index contributed by atoms with van der Waals surface area (Å²) < 4.78 is 14.1. The molecule has 76 valence electrons. The molecule has 2 aromatic rings. The summed E-state index contributed by atoms with van der Waals surface area (Å²) >= 11 is 3.11. The minimum atomic E-state index is -0.351. The maximum atomic E-state index is 13.7. The molecule has 0 amide bonds. The normalized spacial score (nSPS) is 10.3. The van der Waals surface area contributed by atoms with Gasteiger partial charge in [0.05, 0.1) is 10.2 Å². The number of halogens is 2. The SMILES string of the molecule is Nc1cc(-c2cccc(Br)c2F)ncn1. The highest BCUT2D eigenvalue weighted by Gasteiger charge is 2.09. The molecule has 0 aliphatic carbocycles. The second kappa shape index (κ2) is 3.94. The highest BCUT2D eigenvalue weighted by atomic mass is 79.9. The van der Waals surface area contributed by atoms with Gasteiger partial charge in [-0.3, -0.25) is 0 Å². The van der Waals surface area contributed by atoms with Crippen LogP contribution in [-0.2, 0) is 0 Å². The molecule has 0 unspecified atom stereocenters. The van der Waals surface area contributed by atoms with Crippen LogP contribution in [0.2, 0.25) is 0 Å². The van der Waals surface area contributed by atoms with Crippen LogP contribution in [0.25, 0.3) is 11.3 Å². The van der Waals surface area contributed by atoms with Crippen LogP contribution in [0, 0.1) is 5.82 Å². The molecule has 0 saturated carbocycles. The number of benzene rings is 1. The minimum Gasteiger partial charge on any atom is -0.384 e. The first-order chi connectivity index (χ1) is 7.18. The van der Waals surface area contributed by atoms with Crippen molar-refractivity contribution in [3.8, 4) is 11.3 Å². The Morgan fingerprint density at radius 1 is 1.27 bits per heavy atom. The number of hydrogen-bond acceptors (Lipinski definition) is 3. The first-order valence-corrected chi connectivity index (χ1v) is 4.99. The first-order valence-electron chi connectivity index (χ1n) is 4.20. The molecule has 0 aliphatic rings. The quantitative estimate of drug-likeness (QED) is 0.864. The van der Waals surface area contributed by atoms with Crippen molar-refractivity contribution < 1.29 is 4.39 Å². The lowest BCUT2D eigenvalue weighted by Crippen LogP contribution is -1.94. The van der Waals surface area contributed by atoms with Crippen molar-refractivity contribution >= 4 is 21.7 Å². The van der Waals surface area contributed by atoms with Crippen molar-refractivity contribution in [1.82, 2.24) is 9.97 Å². The van der Waals surface area contributed by atoms with E-state index >= 15 is 0 Å². The van der Waals surface area contributed by atoms with Gasteiger partial charge < -0.3 is 5.73 Å².